The van der Waals surface area contributed by atoms with Crippen LogP contribution in [0.5, 0.6) is 5.75 Å². The Labute approximate surface area is 141 Å². The van der Waals surface area contributed by atoms with Gasteiger partial charge in [-0.3, -0.25) is 4.79 Å². The summed E-state index contributed by atoms with van der Waals surface area (Å²) in [4.78, 5) is 12.3. The molecule has 0 radical (unpaired) electrons. The van der Waals surface area contributed by atoms with Gasteiger partial charge in [-0.05, 0) is 36.4 Å². The summed E-state index contributed by atoms with van der Waals surface area (Å²) < 4.78 is 51.5. The van der Waals surface area contributed by atoms with Crippen molar-refractivity contribution in [2.45, 2.75) is 5.51 Å². The number of carbonyl (C=O) groups excluding carboxylic acids is 1. The van der Waals surface area contributed by atoms with Crippen LogP contribution in [0.1, 0.15) is 15.9 Å². The van der Waals surface area contributed by atoms with E-state index in [2.05, 4.69) is 4.18 Å². The average Bonchev–Trinajstić information content (AvgIpc) is 2.46. The van der Waals surface area contributed by atoms with Crippen LogP contribution in [0.2, 0.25) is 10.0 Å². The Morgan fingerprint density at radius 2 is 1.52 bits per heavy atom. The highest BCUT2D eigenvalue weighted by molar-refractivity contribution is 7.81. The van der Waals surface area contributed by atoms with E-state index in [1.165, 1.54) is 24.3 Å². The van der Waals surface area contributed by atoms with Crippen LogP contribution in [0.25, 0.3) is 0 Å². The van der Waals surface area contributed by atoms with Crippen molar-refractivity contribution in [3.8, 4) is 5.75 Å². The third kappa shape index (κ3) is 4.25. The van der Waals surface area contributed by atoms with E-state index in [-0.39, 0.29) is 26.9 Å². The van der Waals surface area contributed by atoms with Gasteiger partial charge in [-0.1, -0.05) is 29.3 Å². The maximum Gasteiger partial charge on any atom is 0.508 e. The summed E-state index contributed by atoms with van der Waals surface area (Å²) in [5.74, 6) is -0.786. The Morgan fingerprint density at radius 1 is 1.00 bits per heavy atom. The Morgan fingerprint density at radius 3 is 2.00 bits per heavy atom. The van der Waals surface area contributed by atoms with Gasteiger partial charge >= 0.3 is 16.6 Å². The fourth-order valence-electron chi connectivity index (χ4n) is 1.66. The summed E-state index contributed by atoms with van der Waals surface area (Å²) in [5.41, 5.74) is -4.76. The number of rotatable bonds is 4. The predicted octanol–water partition coefficient (Wildman–Crippen LogP) is 4.79. The molecule has 0 aromatic heterocycles. The molecule has 0 saturated heterocycles. The van der Waals surface area contributed by atoms with Gasteiger partial charge in [-0.15, -0.1) is 0 Å². The molecule has 122 valence electrons. The second-order valence-electron chi connectivity index (χ2n) is 4.21. The van der Waals surface area contributed by atoms with Gasteiger partial charge < -0.3 is 4.18 Å². The van der Waals surface area contributed by atoms with Crippen molar-refractivity contribution in [2.24, 2.45) is 0 Å². The number of alkyl halides is 3. The predicted molar refractivity (Wildman–Crippen MR) is 81.2 cm³/mol. The molecular weight excluding hydrogens is 376 g/mol. The largest absolute Gasteiger partial charge is 0.508 e. The molecule has 2 aromatic rings. The van der Waals surface area contributed by atoms with Crippen LogP contribution in [0.15, 0.2) is 42.5 Å². The zero-order chi connectivity index (χ0) is 17.2. The fourth-order valence-corrected chi connectivity index (χ4v) is 2.61. The average molecular weight is 383 g/mol. The van der Waals surface area contributed by atoms with Gasteiger partial charge in [0.25, 0.3) is 0 Å². The summed E-state index contributed by atoms with van der Waals surface area (Å²) in [6, 6.07) is 9.21. The first-order chi connectivity index (χ1) is 10.7. The van der Waals surface area contributed by atoms with Gasteiger partial charge in [0.15, 0.2) is 5.78 Å². The smallest absolute Gasteiger partial charge is 0.394 e. The maximum atomic E-state index is 12.3. The molecular formula is C14H7Cl2F3O3S. The van der Waals surface area contributed by atoms with Gasteiger partial charge in [0.2, 0.25) is 0 Å². The second kappa shape index (κ2) is 6.90. The molecule has 0 spiro atoms. The minimum absolute atomic E-state index is 0.0865. The molecule has 0 N–H and O–H groups in total. The monoisotopic (exact) mass is 382 g/mol. The van der Waals surface area contributed by atoms with E-state index in [1.54, 1.807) is 6.07 Å². The molecule has 0 aliphatic rings. The van der Waals surface area contributed by atoms with E-state index >= 15 is 0 Å². The molecule has 0 saturated carbocycles. The van der Waals surface area contributed by atoms with Crippen molar-refractivity contribution < 1.29 is 26.4 Å². The first kappa shape index (κ1) is 17.8. The molecule has 0 amide bonds. The summed E-state index contributed by atoms with van der Waals surface area (Å²) in [6.45, 7) is 0. The highest BCUT2D eigenvalue weighted by atomic mass is 35.5. The van der Waals surface area contributed by atoms with Crippen molar-refractivity contribution in [3.05, 3.63) is 63.6 Å². The fraction of sp³-hybridized carbons (Fsp3) is 0.0714. The third-order valence-electron chi connectivity index (χ3n) is 2.67. The van der Waals surface area contributed by atoms with Gasteiger partial charge in [0.05, 0.1) is 15.6 Å². The van der Waals surface area contributed by atoms with Crippen LogP contribution < -0.4 is 4.18 Å². The number of carbonyl (C=O) groups is 1. The molecule has 2 aromatic carbocycles. The molecule has 0 fully saturated rings. The van der Waals surface area contributed by atoms with Crippen molar-refractivity contribution in [1.29, 1.82) is 0 Å². The lowest BCUT2D eigenvalue weighted by Gasteiger charge is -2.09. The lowest BCUT2D eigenvalue weighted by molar-refractivity contribution is -0.0437. The quantitative estimate of drug-likeness (QED) is 0.714. The normalized spacial score (nSPS) is 12.7. The first-order valence-corrected chi connectivity index (χ1v) is 7.79. The Bertz CT molecular complexity index is 741. The zero-order valence-corrected chi connectivity index (χ0v) is 13.4. The highest BCUT2D eigenvalue weighted by Crippen LogP contribution is 2.28. The first-order valence-electron chi connectivity index (χ1n) is 5.96. The SMILES string of the molecule is O=C(c1ccc(OS(=O)C(F)(F)F)cc1)c1c(Cl)cccc1Cl. The summed E-state index contributed by atoms with van der Waals surface area (Å²) in [7, 11) is 0. The molecule has 1 unspecified atom stereocenters. The van der Waals surface area contributed by atoms with Crippen LogP contribution in [-0.2, 0) is 11.1 Å². The van der Waals surface area contributed by atoms with Crippen LogP contribution in [0, 0.1) is 0 Å². The summed E-state index contributed by atoms with van der Waals surface area (Å²) in [5, 5.41) is 0.307. The standard InChI is InChI=1S/C14H7Cl2F3O3S/c15-10-2-1-3-11(16)12(10)13(20)8-4-6-9(7-5-8)22-23(21)14(17,18)19/h1-7H. The van der Waals surface area contributed by atoms with Gasteiger partial charge in [-0.2, -0.15) is 13.2 Å². The zero-order valence-electron chi connectivity index (χ0n) is 11.1. The Balaban J connectivity index is 2.23. The number of benzene rings is 2. The molecule has 2 rings (SSSR count). The number of hydrogen-bond donors (Lipinski definition) is 0. The van der Waals surface area contributed by atoms with Gasteiger partial charge in [0.1, 0.15) is 5.75 Å². The maximum absolute atomic E-state index is 12.3. The van der Waals surface area contributed by atoms with Crippen LogP contribution in [0.3, 0.4) is 0 Å². The van der Waals surface area contributed by atoms with Crippen molar-refractivity contribution >= 4 is 40.1 Å². The number of halogens is 5. The third-order valence-corrected chi connectivity index (χ3v) is 4.02. The topological polar surface area (TPSA) is 43.4 Å². The van der Waals surface area contributed by atoms with E-state index < -0.39 is 22.4 Å². The van der Waals surface area contributed by atoms with E-state index in [0.29, 0.717) is 0 Å². The molecule has 0 heterocycles. The minimum atomic E-state index is -4.99. The minimum Gasteiger partial charge on any atom is -0.394 e. The lowest BCUT2D eigenvalue weighted by atomic mass is 10.0. The summed E-state index contributed by atoms with van der Waals surface area (Å²) in [6.07, 6.45) is 0. The molecule has 0 aliphatic heterocycles. The second-order valence-corrected chi connectivity index (χ2v) is 6.13. The highest BCUT2D eigenvalue weighted by Gasteiger charge is 2.40. The number of hydrogen-bond acceptors (Lipinski definition) is 3. The summed E-state index contributed by atoms with van der Waals surface area (Å²) >= 11 is 8.38. The van der Waals surface area contributed by atoms with Gasteiger partial charge in [-0.25, -0.2) is 4.21 Å². The molecule has 9 heteroatoms. The van der Waals surface area contributed by atoms with E-state index in [1.807, 2.05) is 0 Å². The van der Waals surface area contributed by atoms with E-state index in [9.17, 15) is 22.2 Å². The molecule has 1 atom stereocenters. The lowest BCUT2D eigenvalue weighted by Crippen LogP contribution is -2.20. The van der Waals surface area contributed by atoms with Crippen molar-refractivity contribution in [1.82, 2.24) is 0 Å². The molecule has 3 nitrogen and oxygen atoms in total. The van der Waals surface area contributed by atoms with Crippen LogP contribution >= 0.6 is 23.2 Å². The Hall–Kier alpha value is -1.57. The molecule has 23 heavy (non-hydrogen) atoms. The number of ketones is 1. The van der Waals surface area contributed by atoms with Crippen LogP contribution in [-0.4, -0.2) is 15.5 Å². The van der Waals surface area contributed by atoms with Crippen LogP contribution in [0.4, 0.5) is 13.2 Å². The van der Waals surface area contributed by atoms with Crippen molar-refractivity contribution in [3.63, 3.8) is 0 Å². The Kier molecular flexibility index (Phi) is 5.33. The van der Waals surface area contributed by atoms with E-state index in [0.717, 1.165) is 12.1 Å². The van der Waals surface area contributed by atoms with Gasteiger partial charge in [0, 0.05) is 5.56 Å². The van der Waals surface area contributed by atoms with Crippen molar-refractivity contribution in [2.75, 3.05) is 0 Å². The van der Waals surface area contributed by atoms with E-state index in [4.69, 9.17) is 23.2 Å². The molecule has 0 bridgehead atoms. The molecule has 0 aliphatic carbocycles.